The average molecular weight is 490 g/mol. The molecule has 0 N–H and O–H groups in total. The normalized spacial score (nSPS) is 13.0. The fraction of sp³-hybridized carbons (Fsp3) is 0.130. The molecule has 0 bridgehead atoms. The van der Waals surface area contributed by atoms with Crippen LogP contribution in [0.25, 0.3) is 0 Å². The highest BCUT2D eigenvalue weighted by Gasteiger charge is 2.32. The molecule has 3 aromatic rings. The number of Topliss-reactive ketones (excluding diaryl/α,β-unsaturated/α-hetero) is 1. The number of hydrogen-bond donors (Lipinski definition) is 0. The molecule has 1 aliphatic heterocycles. The molecule has 1 heterocycles. The molecule has 0 amide bonds. The molecule has 0 fully saturated rings. The van der Waals surface area contributed by atoms with Crippen LogP contribution in [0.15, 0.2) is 71.6 Å². The molecule has 0 spiro atoms. The summed E-state index contributed by atoms with van der Waals surface area (Å²) in [6, 6.07) is 17.2. The van der Waals surface area contributed by atoms with Crippen molar-refractivity contribution in [3.8, 4) is 0 Å². The van der Waals surface area contributed by atoms with Crippen molar-refractivity contribution in [2.75, 3.05) is 17.5 Å². The number of ketones is 1. The van der Waals surface area contributed by atoms with Crippen molar-refractivity contribution in [1.29, 1.82) is 0 Å². The number of nitrogens with zero attached hydrogens (tertiary/aromatic N) is 1. The number of rotatable bonds is 6. The van der Waals surface area contributed by atoms with Crippen molar-refractivity contribution in [2.45, 2.75) is 11.3 Å². The van der Waals surface area contributed by atoms with E-state index in [2.05, 4.69) is 0 Å². The van der Waals surface area contributed by atoms with Gasteiger partial charge in [-0.1, -0.05) is 41.4 Å². The summed E-state index contributed by atoms with van der Waals surface area (Å²) < 4.78 is 33.0. The first-order chi connectivity index (χ1) is 15.3. The molecule has 3 aromatic carbocycles. The Morgan fingerprint density at radius 2 is 1.62 bits per heavy atom. The maximum atomic E-state index is 13.3. The van der Waals surface area contributed by atoms with Crippen LogP contribution in [0.1, 0.15) is 26.3 Å². The van der Waals surface area contributed by atoms with E-state index in [1.807, 2.05) is 12.1 Å². The Morgan fingerprint density at radius 3 is 2.38 bits per heavy atom. The molecule has 0 atom stereocenters. The number of halogens is 2. The highest BCUT2D eigenvalue weighted by atomic mass is 35.5. The molecule has 0 aliphatic carbocycles. The Hall–Kier alpha value is -2.87. The standard InChI is InChI=1S/C23H17Cl2NO5S/c24-18-8-5-16(6-9-18)21(27)14-31-23(28)17-7-10-19(25)22(13-17)32(29,30)26-12-11-15-3-1-2-4-20(15)26/h1-10,13H,11-12,14H2. The van der Waals surface area contributed by atoms with Crippen LogP contribution in [-0.4, -0.2) is 33.3 Å². The van der Waals surface area contributed by atoms with E-state index in [0.717, 1.165) is 5.56 Å². The first-order valence-electron chi connectivity index (χ1n) is 9.63. The SMILES string of the molecule is O=C(COC(=O)c1ccc(Cl)c(S(=O)(=O)N2CCc3ccccc32)c1)c1ccc(Cl)cc1. The summed E-state index contributed by atoms with van der Waals surface area (Å²) in [4.78, 5) is 24.5. The maximum absolute atomic E-state index is 13.3. The van der Waals surface area contributed by atoms with Crippen LogP contribution in [0.4, 0.5) is 5.69 Å². The van der Waals surface area contributed by atoms with Gasteiger partial charge >= 0.3 is 5.97 Å². The second-order valence-corrected chi connectivity index (χ2v) is 9.78. The minimum Gasteiger partial charge on any atom is -0.454 e. The fourth-order valence-electron chi connectivity index (χ4n) is 3.44. The zero-order valence-electron chi connectivity index (χ0n) is 16.6. The van der Waals surface area contributed by atoms with Crippen molar-refractivity contribution in [2.24, 2.45) is 0 Å². The monoisotopic (exact) mass is 489 g/mol. The van der Waals surface area contributed by atoms with E-state index < -0.39 is 28.4 Å². The molecule has 0 saturated carbocycles. The van der Waals surface area contributed by atoms with Crippen molar-refractivity contribution in [3.63, 3.8) is 0 Å². The van der Waals surface area contributed by atoms with E-state index in [1.54, 1.807) is 24.3 Å². The third kappa shape index (κ3) is 4.37. The highest BCUT2D eigenvalue weighted by Crippen LogP contribution is 2.35. The van der Waals surface area contributed by atoms with Gasteiger partial charge in [0, 0.05) is 17.1 Å². The molecule has 164 valence electrons. The van der Waals surface area contributed by atoms with Gasteiger partial charge < -0.3 is 4.74 Å². The third-order valence-corrected chi connectivity index (χ3v) is 7.63. The number of esters is 1. The lowest BCUT2D eigenvalue weighted by Crippen LogP contribution is -2.29. The van der Waals surface area contributed by atoms with E-state index in [0.29, 0.717) is 22.7 Å². The smallest absolute Gasteiger partial charge is 0.338 e. The van der Waals surface area contributed by atoms with Crippen LogP contribution in [0, 0.1) is 0 Å². The van der Waals surface area contributed by atoms with Gasteiger partial charge in [-0.3, -0.25) is 9.10 Å². The summed E-state index contributed by atoms with van der Waals surface area (Å²) in [5.41, 5.74) is 1.83. The summed E-state index contributed by atoms with van der Waals surface area (Å²) in [7, 11) is -4.00. The predicted octanol–water partition coefficient (Wildman–Crippen LogP) is 4.78. The van der Waals surface area contributed by atoms with E-state index in [4.69, 9.17) is 27.9 Å². The Morgan fingerprint density at radius 1 is 0.938 bits per heavy atom. The first-order valence-corrected chi connectivity index (χ1v) is 11.8. The number of ether oxygens (including phenoxy) is 1. The van der Waals surface area contributed by atoms with Gasteiger partial charge in [-0.25, -0.2) is 13.2 Å². The molecule has 0 unspecified atom stereocenters. The number of hydrogen-bond acceptors (Lipinski definition) is 5. The second-order valence-electron chi connectivity index (χ2n) is 7.11. The van der Waals surface area contributed by atoms with E-state index in [-0.39, 0.29) is 22.0 Å². The number of fused-ring (bicyclic) bond motifs is 1. The number of carbonyl (C=O) groups excluding carboxylic acids is 2. The molecule has 32 heavy (non-hydrogen) atoms. The van der Waals surface area contributed by atoms with E-state index >= 15 is 0 Å². The van der Waals surface area contributed by atoms with Gasteiger partial charge in [-0.2, -0.15) is 0 Å². The van der Waals surface area contributed by atoms with Crippen molar-refractivity contribution in [1.82, 2.24) is 0 Å². The predicted molar refractivity (Wildman–Crippen MR) is 122 cm³/mol. The molecule has 4 rings (SSSR count). The molecule has 0 aromatic heterocycles. The molecular formula is C23H17Cl2NO5S. The Labute approximate surface area is 195 Å². The van der Waals surface area contributed by atoms with Crippen LogP contribution >= 0.6 is 23.2 Å². The zero-order chi connectivity index (χ0) is 22.9. The molecule has 0 radical (unpaired) electrons. The van der Waals surface area contributed by atoms with Crippen LogP contribution < -0.4 is 4.31 Å². The Kier molecular flexibility index (Phi) is 6.24. The largest absolute Gasteiger partial charge is 0.454 e. The van der Waals surface area contributed by atoms with E-state index in [1.165, 1.54) is 34.6 Å². The summed E-state index contributed by atoms with van der Waals surface area (Å²) >= 11 is 12.0. The van der Waals surface area contributed by atoms with Gasteiger partial charge in [-0.05, 0) is 60.5 Å². The molecule has 1 aliphatic rings. The topological polar surface area (TPSA) is 80.8 Å². The van der Waals surface area contributed by atoms with Gasteiger partial charge in [0.25, 0.3) is 10.0 Å². The molecular weight excluding hydrogens is 473 g/mol. The van der Waals surface area contributed by atoms with Crippen LogP contribution in [-0.2, 0) is 21.2 Å². The van der Waals surface area contributed by atoms with Crippen LogP contribution in [0.3, 0.4) is 0 Å². The second kappa shape index (κ2) is 8.94. The molecule has 9 heteroatoms. The number of carbonyl (C=O) groups is 2. The lowest BCUT2D eigenvalue weighted by Gasteiger charge is -2.20. The van der Waals surface area contributed by atoms with Gasteiger partial charge in [0.1, 0.15) is 4.90 Å². The van der Waals surface area contributed by atoms with Gasteiger partial charge in [0.15, 0.2) is 12.4 Å². The lowest BCUT2D eigenvalue weighted by molar-refractivity contribution is 0.0474. The average Bonchev–Trinajstić information content (AvgIpc) is 3.23. The summed E-state index contributed by atoms with van der Waals surface area (Å²) in [6.45, 7) is -0.215. The van der Waals surface area contributed by atoms with Crippen molar-refractivity contribution >= 4 is 50.7 Å². The zero-order valence-corrected chi connectivity index (χ0v) is 19.0. The minimum absolute atomic E-state index is 0.0110. The number of sulfonamides is 1. The van der Waals surface area contributed by atoms with Crippen molar-refractivity contribution in [3.05, 3.63) is 93.5 Å². The lowest BCUT2D eigenvalue weighted by atomic mass is 10.1. The fourth-order valence-corrected chi connectivity index (χ4v) is 5.57. The number of para-hydroxylation sites is 1. The van der Waals surface area contributed by atoms with Gasteiger partial charge in [-0.15, -0.1) is 0 Å². The van der Waals surface area contributed by atoms with Gasteiger partial charge in [0.2, 0.25) is 0 Å². The van der Waals surface area contributed by atoms with Crippen LogP contribution in [0.5, 0.6) is 0 Å². The summed E-state index contributed by atoms with van der Waals surface area (Å²) in [5, 5.41) is 0.470. The van der Waals surface area contributed by atoms with Crippen LogP contribution in [0.2, 0.25) is 10.0 Å². The third-order valence-electron chi connectivity index (χ3n) is 5.08. The summed E-state index contributed by atoms with van der Waals surface area (Å²) in [6.07, 6.45) is 0.585. The maximum Gasteiger partial charge on any atom is 0.338 e. The summed E-state index contributed by atoms with van der Waals surface area (Å²) in [5.74, 6) is -1.24. The number of benzene rings is 3. The number of anilines is 1. The van der Waals surface area contributed by atoms with Gasteiger partial charge in [0.05, 0.1) is 16.3 Å². The Balaban J connectivity index is 1.54. The Bertz CT molecular complexity index is 1310. The molecule has 6 nitrogen and oxygen atoms in total. The quantitative estimate of drug-likeness (QED) is 0.367. The highest BCUT2D eigenvalue weighted by molar-refractivity contribution is 7.93. The van der Waals surface area contributed by atoms with E-state index in [9.17, 15) is 18.0 Å². The molecule has 0 saturated heterocycles. The minimum atomic E-state index is -4.00. The first kappa shape index (κ1) is 22.3. The van der Waals surface area contributed by atoms with Crippen molar-refractivity contribution < 1.29 is 22.7 Å².